The van der Waals surface area contributed by atoms with Crippen molar-refractivity contribution < 1.29 is 8.42 Å². The monoisotopic (exact) mass is 309 g/mol. The van der Waals surface area contributed by atoms with Gasteiger partial charge < -0.3 is 0 Å². The van der Waals surface area contributed by atoms with E-state index in [2.05, 4.69) is 4.72 Å². The van der Waals surface area contributed by atoms with E-state index in [1.807, 2.05) is 19.1 Å². The molecule has 0 spiro atoms. The molecule has 0 fully saturated rings. The molecule has 3 nitrogen and oxygen atoms in total. The molecule has 0 aromatic heterocycles. The van der Waals surface area contributed by atoms with Crippen molar-refractivity contribution in [1.29, 1.82) is 0 Å². The molecule has 2 aromatic carbocycles. The van der Waals surface area contributed by atoms with E-state index < -0.39 is 10.0 Å². The predicted octanol–water partition coefficient (Wildman–Crippen LogP) is 4.10. The van der Waals surface area contributed by atoms with E-state index >= 15 is 0 Å². The molecule has 0 bridgehead atoms. The minimum Gasteiger partial charge on any atom is -0.279 e. The summed E-state index contributed by atoms with van der Waals surface area (Å²) in [6.45, 7) is 3.72. The average molecular weight is 310 g/mol. The average Bonchev–Trinajstić information content (AvgIpc) is 2.39. The molecule has 0 amide bonds. The molecule has 0 aliphatic heterocycles. The van der Waals surface area contributed by atoms with Gasteiger partial charge in [-0.1, -0.05) is 35.9 Å². The highest BCUT2D eigenvalue weighted by Gasteiger charge is 2.16. The maximum absolute atomic E-state index is 12.3. The first-order chi connectivity index (χ1) is 9.40. The van der Waals surface area contributed by atoms with Crippen LogP contribution in [0.15, 0.2) is 53.4 Å². The van der Waals surface area contributed by atoms with Crippen LogP contribution in [-0.4, -0.2) is 8.42 Å². The Bertz CT molecular complexity index is 694. The molecule has 0 saturated carbocycles. The van der Waals surface area contributed by atoms with E-state index in [9.17, 15) is 8.42 Å². The van der Waals surface area contributed by atoms with Crippen molar-refractivity contribution in [1.82, 2.24) is 0 Å². The summed E-state index contributed by atoms with van der Waals surface area (Å²) in [5.41, 5.74) is 2.28. The summed E-state index contributed by atoms with van der Waals surface area (Å²) in [5.74, 6) is 0. The number of hydrogen-bond donors (Lipinski definition) is 1. The van der Waals surface area contributed by atoms with E-state index in [0.29, 0.717) is 5.69 Å². The van der Waals surface area contributed by atoms with Crippen LogP contribution in [0.4, 0.5) is 5.69 Å². The number of aryl methyl sites for hydroxylation is 1. The zero-order valence-corrected chi connectivity index (χ0v) is 12.9. The first-order valence-corrected chi connectivity index (χ1v) is 8.14. The molecule has 1 N–H and O–H groups in total. The van der Waals surface area contributed by atoms with Crippen LogP contribution in [0.1, 0.15) is 23.4 Å². The Morgan fingerprint density at radius 2 is 1.65 bits per heavy atom. The predicted molar refractivity (Wildman–Crippen MR) is 82.7 cm³/mol. The fraction of sp³-hybridized carbons (Fsp3) is 0.200. The van der Waals surface area contributed by atoms with Gasteiger partial charge in [0.1, 0.15) is 0 Å². The highest BCUT2D eigenvalue weighted by atomic mass is 35.5. The lowest BCUT2D eigenvalue weighted by Crippen LogP contribution is -2.14. The van der Waals surface area contributed by atoms with Crippen LogP contribution in [-0.2, 0) is 10.0 Å². The zero-order chi connectivity index (χ0) is 14.8. The van der Waals surface area contributed by atoms with Gasteiger partial charge in [0.05, 0.1) is 16.0 Å². The second-order valence-corrected chi connectivity index (χ2v) is 6.96. The maximum Gasteiger partial charge on any atom is 0.261 e. The van der Waals surface area contributed by atoms with Crippen molar-refractivity contribution in [2.75, 3.05) is 4.72 Å². The molecule has 5 heteroatoms. The van der Waals surface area contributed by atoms with Crippen LogP contribution in [0.25, 0.3) is 0 Å². The summed E-state index contributed by atoms with van der Waals surface area (Å²) in [4.78, 5) is 0.236. The normalized spacial score (nSPS) is 12.9. The number of benzene rings is 2. The molecular formula is C15H16ClNO2S. The molecule has 2 aromatic rings. The molecule has 20 heavy (non-hydrogen) atoms. The number of rotatable bonds is 4. The number of sulfonamides is 1. The second kappa shape index (κ2) is 5.85. The van der Waals surface area contributed by atoms with Crippen molar-refractivity contribution >= 4 is 27.3 Å². The number of hydrogen-bond acceptors (Lipinski definition) is 2. The molecule has 1 unspecified atom stereocenters. The Hall–Kier alpha value is -1.52. The van der Waals surface area contributed by atoms with Gasteiger partial charge in [-0.2, -0.15) is 0 Å². The van der Waals surface area contributed by atoms with Crippen LogP contribution in [0, 0.1) is 6.92 Å². The number of nitrogens with one attached hydrogen (secondary N) is 1. The standard InChI is InChI=1S/C15H16ClNO2S/c1-11-7-9-13(10-8-11)20(18,19)17-15-6-4-3-5-14(15)12(2)16/h3-10,12,17H,1-2H3. The lowest BCUT2D eigenvalue weighted by Gasteiger charge is -2.14. The van der Waals surface area contributed by atoms with Gasteiger partial charge in [0.15, 0.2) is 0 Å². The zero-order valence-electron chi connectivity index (χ0n) is 11.3. The number of halogens is 1. The Labute approximate surface area is 124 Å². The molecule has 0 aliphatic rings. The molecule has 0 aliphatic carbocycles. The van der Waals surface area contributed by atoms with Gasteiger partial charge in [0.25, 0.3) is 10.0 Å². The molecule has 1 atom stereocenters. The van der Waals surface area contributed by atoms with Crippen LogP contribution < -0.4 is 4.72 Å². The largest absolute Gasteiger partial charge is 0.279 e. The van der Waals surface area contributed by atoms with Crippen molar-refractivity contribution in [3.05, 3.63) is 59.7 Å². The van der Waals surface area contributed by atoms with Crippen LogP contribution in [0.5, 0.6) is 0 Å². The van der Waals surface area contributed by atoms with Gasteiger partial charge in [0.2, 0.25) is 0 Å². The van der Waals surface area contributed by atoms with Gasteiger partial charge in [-0.15, -0.1) is 11.6 Å². The van der Waals surface area contributed by atoms with Gasteiger partial charge in [-0.3, -0.25) is 4.72 Å². The fourth-order valence-electron chi connectivity index (χ4n) is 1.86. The molecule has 0 saturated heterocycles. The Morgan fingerprint density at radius 1 is 1.05 bits per heavy atom. The van der Waals surface area contributed by atoms with E-state index in [1.54, 1.807) is 43.3 Å². The summed E-state index contributed by atoms with van der Waals surface area (Å²) >= 11 is 6.07. The van der Waals surface area contributed by atoms with Crippen LogP contribution in [0.3, 0.4) is 0 Å². The van der Waals surface area contributed by atoms with Gasteiger partial charge in [-0.25, -0.2) is 8.42 Å². The van der Waals surface area contributed by atoms with Crippen molar-refractivity contribution in [3.63, 3.8) is 0 Å². The number of para-hydroxylation sites is 1. The van der Waals surface area contributed by atoms with E-state index in [1.165, 1.54) is 0 Å². The van der Waals surface area contributed by atoms with E-state index in [0.717, 1.165) is 11.1 Å². The van der Waals surface area contributed by atoms with Crippen molar-refractivity contribution in [3.8, 4) is 0 Å². The minimum absolute atomic E-state index is 0.236. The summed E-state index contributed by atoms with van der Waals surface area (Å²) in [5, 5.41) is -0.271. The van der Waals surface area contributed by atoms with Gasteiger partial charge in [0, 0.05) is 0 Å². The van der Waals surface area contributed by atoms with Crippen molar-refractivity contribution in [2.45, 2.75) is 24.1 Å². The van der Waals surface area contributed by atoms with Crippen LogP contribution in [0.2, 0.25) is 0 Å². The number of anilines is 1. The highest BCUT2D eigenvalue weighted by Crippen LogP contribution is 2.28. The quantitative estimate of drug-likeness (QED) is 0.864. The Balaban J connectivity index is 2.36. The van der Waals surface area contributed by atoms with Crippen LogP contribution >= 0.6 is 11.6 Å². The summed E-state index contributed by atoms with van der Waals surface area (Å²) in [6, 6.07) is 13.8. The minimum atomic E-state index is -3.59. The first-order valence-electron chi connectivity index (χ1n) is 6.22. The van der Waals surface area contributed by atoms with Gasteiger partial charge in [-0.05, 0) is 37.6 Å². The summed E-state index contributed by atoms with van der Waals surface area (Å²) < 4.78 is 27.3. The topological polar surface area (TPSA) is 46.2 Å². The second-order valence-electron chi connectivity index (χ2n) is 4.62. The number of alkyl halides is 1. The molecular weight excluding hydrogens is 294 g/mol. The molecule has 0 heterocycles. The molecule has 2 rings (SSSR count). The Kier molecular flexibility index (Phi) is 4.35. The summed E-state index contributed by atoms with van der Waals surface area (Å²) in [7, 11) is -3.59. The molecule has 0 radical (unpaired) electrons. The third-order valence-corrected chi connectivity index (χ3v) is 4.58. The Morgan fingerprint density at radius 3 is 2.25 bits per heavy atom. The summed E-state index contributed by atoms with van der Waals surface area (Å²) in [6.07, 6.45) is 0. The van der Waals surface area contributed by atoms with E-state index in [4.69, 9.17) is 11.6 Å². The molecule has 106 valence electrons. The fourth-order valence-corrected chi connectivity index (χ4v) is 3.14. The maximum atomic E-state index is 12.3. The third kappa shape index (κ3) is 3.32. The highest BCUT2D eigenvalue weighted by molar-refractivity contribution is 7.92. The van der Waals surface area contributed by atoms with Gasteiger partial charge >= 0.3 is 0 Å². The SMILES string of the molecule is Cc1ccc(S(=O)(=O)Nc2ccccc2C(C)Cl)cc1. The first kappa shape index (κ1) is 14.9. The lowest BCUT2D eigenvalue weighted by atomic mass is 10.1. The van der Waals surface area contributed by atoms with E-state index in [-0.39, 0.29) is 10.3 Å². The lowest BCUT2D eigenvalue weighted by molar-refractivity contribution is 0.601. The van der Waals surface area contributed by atoms with Crippen molar-refractivity contribution in [2.24, 2.45) is 0 Å². The third-order valence-electron chi connectivity index (χ3n) is 2.96. The smallest absolute Gasteiger partial charge is 0.261 e.